The van der Waals surface area contributed by atoms with Gasteiger partial charge in [0, 0.05) is 25.0 Å². The monoisotopic (exact) mass is 428 g/mol. The fourth-order valence-electron chi connectivity index (χ4n) is 2.72. The van der Waals surface area contributed by atoms with Gasteiger partial charge in [0.25, 0.3) is 0 Å². The maximum atomic E-state index is 4.89. The molecule has 6 nitrogen and oxygen atoms in total. The van der Waals surface area contributed by atoms with Crippen molar-refractivity contribution in [3.63, 3.8) is 0 Å². The maximum absolute atomic E-state index is 4.89. The molecule has 3 heterocycles. The lowest BCUT2D eigenvalue weighted by atomic mass is 10.1. The Morgan fingerprint density at radius 3 is 2.46 bits per heavy atom. The molecule has 0 bridgehead atoms. The molecule has 1 aromatic carbocycles. The zero-order valence-electron chi connectivity index (χ0n) is 16.1. The van der Waals surface area contributed by atoms with E-state index < -0.39 is 0 Å². The van der Waals surface area contributed by atoms with Gasteiger partial charge in [-0.15, -0.1) is 21.5 Å². The van der Waals surface area contributed by atoms with Gasteiger partial charge >= 0.3 is 0 Å². The van der Waals surface area contributed by atoms with Crippen LogP contribution in [0.4, 0.5) is 5.13 Å². The molecule has 3 aromatic heterocycles. The minimum absolute atomic E-state index is 0.696. The molecular formula is C19H20N6S3. The molecule has 28 heavy (non-hydrogen) atoms. The average molecular weight is 429 g/mol. The standard InChI is InChI=1S/C19H20N6S3/c1-24(2)10-14-20-16-15(13(11-26-16)12-8-6-5-7-9-12)17(21-14)27-19-23-22-18(28-19)25(3)4/h5-9,11H,10H2,1-4H3. The first kappa shape index (κ1) is 19.3. The molecule has 0 unspecified atom stereocenters. The van der Waals surface area contributed by atoms with Crippen LogP contribution >= 0.6 is 34.4 Å². The van der Waals surface area contributed by atoms with E-state index in [9.17, 15) is 0 Å². The van der Waals surface area contributed by atoms with Gasteiger partial charge in [-0.2, -0.15) is 0 Å². The maximum Gasteiger partial charge on any atom is 0.208 e. The van der Waals surface area contributed by atoms with Crippen LogP contribution in [0.1, 0.15) is 5.82 Å². The van der Waals surface area contributed by atoms with Crippen LogP contribution in [0.3, 0.4) is 0 Å². The van der Waals surface area contributed by atoms with E-state index in [-0.39, 0.29) is 0 Å². The molecule has 9 heteroatoms. The summed E-state index contributed by atoms with van der Waals surface area (Å²) in [6.07, 6.45) is 0. The Morgan fingerprint density at radius 2 is 1.79 bits per heavy atom. The predicted octanol–water partition coefficient (Wildman–Crippen LogP) is 4.49. The Labute approximate surface area is 176 Å². The van der Waals surface area contributed by atoms with Gasteiger partial charge in [-0.05, 0) is 31.4 Å². The largest absolute Gasteiger partial charge is 0.353 e. The van der Waals surface area contributed by atoms with Gasteiger partial charge < -0.3 is 9.80 Å². The van der Waals surface area contributed by atoms with E-state index in [4.69, 9.17) is 9.97 Å². The first-order chi connectivity index (χ1) is 13.5. The fraction of sp³-hybridized carbons (Fsp3) is 0.263. The van der Waals surface area contributed by atoms with Crippen molar-refractivity contribution in [2.24, 2.45) is 0 Å². The van der Waals surface area contributed by atoms with E-state index in [0.717, 1.165) is 36.1 Å². The van der Waals surface area contributed by atoms with Crippen LogP contribution in [0, 0.1) is 0 Å². The molecule has 4 aromatic rings. The highest BCUT2D eigenvalue weighted by Crippen LogP contribution is 2.41. The van der Waals surface area contributed by atoms with Gasteiger partial charge in [0.2, 0.25) is 5.13 Å². The van der Waals surface area contributed by atoms with Crippen LogP contribution in [0.5, 0.6) is 0 Å². The third-order valence-electron chi connectivity index (χ3n) is 3.95. The van der Waals surface area contributed by atoms with Gasteiger partial charge in [0.1, 0.15) is 15.7 Å². The summed E-state index contributed by atoms with van der Waals surface area (Å²) >= 11 is 4.79. The Balaban J connectivity index is 1.83. The summed E-state index contributed by atoms with van der Waals surface area (Å²) in [6, 6.07) is 10.4. The Bertz CT molecular complexity index is 1090. The summed E-state index contributed by atoms with van der Waals surface area (Å²) in [4.78, 5) is 14.8. The summed E-state index contributed by atoms with van der Waals surface area (Å²) in [6.45, 7) is 0.696. The SMILES string of the molecule is CN(C)Cc1nc(Sc2nnc(N(C)C)s2)c2c(-c3ccccc3)csc2n1. The van der Waals surface area contributed by atoms with Crippen LogP contribution in [0.15, 0.2) is 45.1 Å². The Hall–Kier alpha value is -2.07. The quantitative estimate of drug-likeness (QED) is 0.419. The van der Waals surface area contributed by atoms with Crippen LogP contribution in [-0.2, 0) is 6.54 Å². The van der Waals surface area contributed by atoms with E-state index in [1.54, 1.807) is 34.4 Å². The number of nitrogens with zero attached hydrogens (tertiary/aromatic N) is 6. The molecule has 0 saturated heterocycles. The number of benzene rings is 1. The number of rotatable bonds is 6. The molecule has 0 aliphatic rings. The van der Waals surface area contributed by atoms with Crippen LogP contribution < -0.4 is 4.90 Å². The van der Waals surface area contributed by atoms with E-state index >= 15 is 0 Å². The molecule has 0 amide bonds. The van der Waals surface area contributed by atoms with Crippen LogP contribution in [0.25, 0.3) is 21.3 Å². The number of hydrogen-bond acceptors (Lipinski definition) is 9. The third kappa shape index (κ3) is 4.02. The second-order valence-corrected chi connectivity index (χ2v) is 9.78. The topological polar surface area (TPSA) is 58.0 Å². The molecular weight excluding hydrogens is 408 g/mol. The van der Waals surface area contributed by atoms with Gasteiger partial charge in [-0.1, -0.05) is 41.7 Å². The molecule has 0 atom stereocenters. The van der Waals surface area contributed by atoms with Crippen molar-refractivity contribution in [3.8, 4) is 11.1 Å². The van der Waals surface area contributed by atoms with Crippen molar-refractivity contribution >= 4 is 49.8 Å². The van der Waals surface area contributed by atoms with Crippen LogP contribution in [-0.4, -0.2) is 53.3 Å². The van der Waals surface area contributed by atoms with E-state index in [0.29, 0.717) is 6.54 Å². The second kappa shape index (κ2) is 8.12. The average Bonchev–Trinajstić information content (AvgIpc) is 3.29. The number of aromatic nitrogens is 4. The summed E-state index contributed by atoms with van der Waals surface area (Å²) < 4.78 is 0.879. The van der Waals surface area contributed by atoms with Crippen molar-refractivity contribution in [1.29, 1.82) is 0 Å². The molecule has 0 fully saturated rings. The number of fused-ring (bicyclic) bond motifs is 1. The van der Waals surface area contributed by atoms with E-state index in [2.05, 4.69) is 44.7 Å². The molecule has 0 spiro atoms. The summed E-state index contributed by atoms with van der Waals surface area (Å²) in [5.41, 5.74) is 2.34. The molecule has 4 rings (SSSR count). The lowest BCUT2D eigenvalue weighted by Gasteiger charge is -2.10. The summed E-state index contributed by atoms with van der Waals surface area (Å²) in [7, 11) is 8.00. The van der Waals surface area contributed by atoms with Crippen molar-refractivity contribution in [3.05, 3.63) is 41.5 Å². The first-order valence-electron chi connectivity index (χ1n) is 8.68. The number of anilines is 1. The molecule has 0 saturated carbocycles. The van der Waals surface area contributed by atoms with E-state index in [1.807, 2.05) is 39.2 Å². The van der Waals surface area contributed by atoms with Gasteiger partial charge in [-0.25, -0.2) is 9.97 Å². The summed E-state index contributed by atoms with van der Waals surface area (Å²) in [5.74, 6) is 0.818. The Kier molecular flexibility index (Phi) is 5.58. The molecule has 144 valence electrons. The third-order valence-corrected chi connectivity index (χ3v) is 6.95. The van der Waals surface area contributed by atoms with Gasteiger partial charge in [0.05, 0.1) is 11.9 Å². The fourth-order valence-corrected chi connectivity index (χ4v) is 5.58. The van der Waals surface area contributed by atoms with Crippen molar-refractivity contribution in [2.45, 2.75) is 15.9 Å². The number of hydrogen-bond donors (Lipinski definition) is 0. The van der Waals surface area contributed by atoms with Crippen molar-refractivity contribution in [2.75, 3.05) is 33.1 Å². The summed E-state index contributed by atoms with van der Waals surface area (Å²) in [5, 5.41) is 13.7. The smallest absolute Gasteiger partial charge is 0.208 e. The van der Waals surface area contributed by atoms with Crippen molar-refractivity contribution < 1.29 is 0 Å². The highest BCUT2D eigenvalue weighted by molar-refractivity contribution is 8.01. The van der Waals surface area contributed by atoms with Gasteiger partial charge in [0.15, 0.2) is 4.34 Å². The zero-order valence-corrected chi connectivity index (χ0v) is 18.5. The van der Waals surface area contributed by atoms with Crippen molar-refractivity contribution in [1.82, 2.24) is 25.1 Å². The predicted molar refractivity (Wildman–Crippen MR) is 119 cm³/mol. The minimum Gasteiger partial charge on any atom is -0.353 e. The second-order valence-electron chi connectivity index (χ2n) is 6.73. The van der Waals surface area contributed by atoms with Gasteiger partial charge in [-0.3, -0.25) is 0 Å². The zero-order chi connectivity index (χ0) is 19.7. The highest BCUT2D eigenvalue weighted by atomic mass is 32.2. The number of thiophene rings is 1. The minimum atomic E-state index is 0.696. The van der Waals surface area contributed by atoms with Crippen LogP contribution in [0.2, 0.25) is 0 Å². The molecule has 0 aliphatic heterocycles. The Morgan fingerprint density at radius 1 is 1.00 bits per heavy atom. The lowest BCUT2D eigenvalue weighted by molar-refractivity contribution is 0.390. The lowest BCUT2D eigenvalue weighted by Crippen LogP contribution is -2.13. The first-order valence-corrected chi connectivity index (χ1v) is 11.2. The molecule has 0 aliphatic carbocycles. The normalized spacial score (nSPS) is 11.5. The molecule has 0 N–H and O–H groups in total. The highest BCUT2D eigenvalue weighted by Gasteiger charge is 2.18. The molecule has 0 radical (unpaired) electrons. The van der Waals surface area contributed by atoms with E-state index in [1.165, 1.54) is 5.56 Å².